The van der Waals surface area contributed by atoms with Crippen LogP contribution in [0.5, 0.6) is 0 Å². The Kier molecular flexibility index (Phi) is 23.3. The van der Waals surface area contributed by atoms with Crippen molar-refractivity contribution in [2.24, 2.45) is 0 Å². The Morgan fingerprint density at radius 3 is 1.07 bits per heavy atom. The van der Waals surface area contributed by atoms with Gasteiger partial charge in [0.15, 0.2) is 0 Å². The molecule has 0 saturated heterocycles. The lowest BCUT2D eigenvalue weighted by Crippen LogP contribution is -1.86. The lowest BCUT2D eigenvalue weighted by molar-refractivity contribution is -0.137. The number of hydrogen-bond donors (Lipinski definition) is 2. The predicted octanol–water partition coefficient (Wildman–Crippen LogP) is 2.54. The molecule has 4 heteroatoms. The minimum Gasteiger partial charge on any atom is -0.481 e. The largest absolute Gasteiger partial charge is 0.481 e. The summed E-state index contributed by atoms with van der Waals surface area (Å²) in [6.45, 7) is 7.20. The quantitative estimate of drug-likeness (QED) is 0.678. The van der Waals surface area contributed by atoms with Crippen LogP contribution in [0.1, 0.15) is 40.5 Å². The molecule has 0 aliphatic carbocycles. The fraction of sp³-hybridized carbons (Fsp3) is 0.600. The number of carbonyl (C=O) groups is 2. The Hall–Kier alpha value is -1.32. The van der Waals surface area contributed by atoms with Gasteiger partial charge in [-0.15, -0.1) is 0 Å². The van der Waals surface area contributed by atoms with Gasteiger partial charge in [0, 0.05) is 12.8 Å². The van der Waals surface area contributed by atoms with Gasteiger partial charge < -0.3 is 10.2 Å². The van der Waals surface area contributed by atoms with E-state index in [0.717, 1.165) is 0 Å². The molecule has 0 aliphatic heterocycles. The number of hydrogen-bond acceptors (Lipinski definition) is 2. The van der Waals surface area contributed by atoms with Crippen molar-refractivity contribution in [1.29, 1.82) is 0 Å². The summed E-state index contributed by atoms with van der Waals surface area (Å²) in [4.78, 5) is 18.7. The van der Waals surface area contributed by atoms with Crippen molar-refractivity contribution in [2.45, 2.75) is 40.5 Å². The maximum Gasteiger partial charge on any atom is 0.303 e. The summed E-state index contributed by atoms with van der Waals surface area (Å²) in [6.07, 6.45) is 4.44. The third kappa shape index (κ3) is 73.9. The molecule has 0 heterocycles. The molecule has 4 nitrogen and oxygen atoms in total. The highest BCUT2D eigenvalue weighted by atomic mass is 16.4. The van der Waals surface area contributed by atoms with Crippen molar-refractivity contribution in [3.63, 3.8) is 0 Å². The monoisotopic (exact) mass is 204 g/mol. The van der Waals surface area contributed by atoms with E-state index < -0.39 is 11.9 Å². The molecule has 0 aromatic rings. The molecule has 0 radical (unpaired) electrons. The molecule has 84 valence electrons. The second-order valence-corrected chi connectivity index (χ2v) is 2.16. The van der Waals surface area contributed by atoms with Crippen LogP contribution < -0.4 is 0 Å². The first-order valence-electron chi connectivity index (χ1n) is 4.46. The van der Waals surface area contributed by atoms with Crippen LogP contribution in [-0.4, -0.2) is 22.2 Å². The number of carboxylic acid groups (broad SMARTS) is 2. The van der Waals surface area contributed by atoms with Gasteiger partial charge in [-0.25, -0.2) is 0 Å². The standard InChI is InChI=1S/C4H8.2C3H6O2/c1-3-4-2;2*1-2-3(4)5/h3-4H,1-2H3;2*2H2,1H3,(H,4,5). The Labute approximate surface area is 85.3 Å². The highest BCUT2D eigenvalue weighted by molar-refractivity contribution is 5.66. The van der Waals surface area contributed by atoms with Gasteiger partial charge in [0.1, 0.15) is 0 Å². The van der Waals surface area contributed by atoms with E-state index in [1.807, 2.05) is 26.0 Å². The summed E-state index contributed by atoms with van der Waals surface area (Å²) >= 11 is 0. The highest BCUT2D eigenvalue weighted by Crippen LogP contribution is 1.67. The second-order valence-electron chi connectivity index (χ2n) is 2.16. The van der Waals surface area contributed by atoms with Gasteiger partial charge in [-0.3, -0.25) is 9.59 Å². The number of aliphatic carboxylic acids is 2. The fourth-order valence-corrected chi connectivity index (χ4v) is 0. The van der Waals surface area contributed by atoms with Crippen LogP contribution in [-0.2, 0) is 9.59 Å². The van der Waals surface area contributed by atoms with Gasteiger partial charge in [0.25, 0.3) is 0 Å². The number of carboxylic acids is 2. The molecule has 2 N–H and O–H groups in total. The molecule has 0 aliphatic rings. The van der Waals surface area contributed by atoms with Crippen LogP contribution in [0.4, 0.5) is 0 Å². The summed E-state index contributed by atoms with van der Waals surface area (Å²) < 4.78 is 0. The van der Waals surface area contributed by atoms with Gasteiger partial charge in [0.05, 0.1) is 0 Å². The van der Waals surface area contributed by atoms with Crippen LogP contribution in [0.25, 0.3) is 0 Å². The SMILES string of the molecule is CC=CC.CCC(=O)O.CCC(=O)O. The lowest BCUT2D eigenvalue weighted by atomic mass is 10.5. The molecule has 0 rings (SSSR count). The molecule has 0 atom stereocenters. The third-order valence-corrected chi connectivity index (χ3v) is 0.938. The topological polar surface area (TPSA) is 74.6 Å². The van der Waals surface area contributed by atoms with Gasteiger partial charge in [0.2, 0.25) is 0 Å². The number of rotatable bonds is 2. The van der Waals surface area contributed by atoms with Crippen molar-refractivity contribution >= 4 is 11.9 Å². The van der Waals surface area contributed by atoms with Crippen LogP contribution in [0.3, 0.4) is 0 Å². The zero-order valence-corrected chi connectivity index (χ0v) is 9.28. The van der Waals surface area contributed by atoms with Gasteiger partial charge in [-0.05, 0) is 13.8 Å². The molecular formula is C10H20O4. The van der Waals surface area contributed by atoms with Crippen molar-refractivity contribution in [1.82, 2.24) is 0 Å². The molecule has 0 fully saturated rings. The van der Waals surface area contributed by atoms with E-state index in [2.05, 4.69) is 0 Å². The Balaban J connectivity index is -0.000000131. The Bertz CT molecular complexity index is 144. The molecule has 0 spiro atoms. The van der Waals surface area contributed by atoms with Crippen molar-refractivity contribution in [3.05, 3.63) is 12.2 Å². The van der Waals surface area contributed by atoms with E-state index in [0.29, 0.717) is 0 Å². The van der Waals surface area contributed by atoms with Gasteiger partial charge in [-0.2, -0.15) is 0 Å². The van der Waals surface area contributed by atoms with E-state index in [9.17, 15) is 9.59 Å². The molecule has 0 unspecified atom stereocenters. The average molecular weight is 204 g/mol. The van der Waals surface area contributed by atoms with E-state index in [4.69, 9.17) is 10.2 Å². The summed E-state index contributed by atoms with van der Waals surface area (Å²) in [7, 11) is 0. The molecule has 0 saturated carbocycles. The average Bonchev–Trinajstić information content (AvgIpc) is 2.19. The van der Waals surface area contributed by atoms with Gasteiger partial charge in [-0.1, -0.05) is 26.0 Å². The van der Waals surface area contributed by atoms with Crippen LogP contribution in [0, 0.1) is 0 Å². The first-order chi connectivity index (χ1) is 6.45. The summed E-state index contributed by atoms with van der Waals surface area (Å²) in [5.41, 5.74) is 0. The molecule has 0 aromatic heterocycles. The molecule has 0 aromatic carbocycles. The Morgan fingerprint density at radius 2 is 1.07 bits per heavy atom. The van der Waals surface area contributed by atoms with Gasteiger partial charge >= 0.3 is 11.9 Å². The van der Waals surface area contributed by atoms with E-state index in [1.165, 1.54) is 0 Å². The maximum absolute atomic E-state index is 9.37. The summed E-state index contributed by atoms with van der Waals surface area (Å²) in [6, 6.07) is 0. The van der Waals surface area contributed by atoms with Crippen molar-refractivity contribution < 1.29 is 19.8 Å². The fourth-order valence-electron chi connectivity index (χ4n) is 0. The summed E-state index contributed by atoms with van der Waals surface area (Å²) in [5, 5.41) is 15.4. The maximum atomic E-state index is 9.37. The smallest absolute Gasteiger partial charge is 0.303 e. The molecule has 0 bridgehead atoms. The van der Waals surface area contributed by atoms with Crippen LogP contribution >= 0.6 is 0 Å². The molecule has 14 heavy (non-hydrogen) atoms. The van der Waals surface area contributed by atoms with Crippen LogP contribution in [0.2, 0.25) is 0 Å². The van der Waals surface area contributed by atoms with Crippen LogP contribution in [0.15, 0.2) is 12.2 Å². The lowest BCUT2D eigenvalue weighted by Gasteiger charge is -1.71. The second kappa shape index (κ2) is 17.7. The minimum atomic E-state index is -0.745. The zero-order chi connectivity index (χ0) is 12.0. The Morgan fingerprint density at radius 1 is 0.929 bits per heavy atom. The first kappa shape index (κ1) is 18.5. The van der Waals surface area contributed by atoms with E-state index in [-0.39, 0.29) is 12.8 Å². The van der Waals surface area contributed by atoms with Crippen molar-refractivity contribution in [3.8, 4) is 0 Å². The van der Waals surface area contributed by atoms with E-state index in [1.54, 1.807) is 13.8 Å². The molecular weight excluding hydrogens is 184 g/mol. The normalized spacial score (nSPS) is 8.00. The highest BCUT2D eigenvalue weighted by Gasteiger charge is 1.81. The first-order valence-corrected chi connectivity index (χ1v) is 4.46. The third-order valence-electron chi connectivity index (χ3n) is 0.938. The molecule has 0 amide bonds. The number of allylic oxidation sites excluding steroid dienone is 2. The van der Waals surface area contributed by atoms with E-state index >= 15 is 0 Å². The summed E-state index contributed by atoms with van der Waals surface area (Å²) in [5.74, 6) is -1.49. The zero-order valence-electron chi connectivity index (χ0n) is 9.28. The minimum absolute atomic E-state index is 0.222. The van der Waals surface area contributed by atoms with Crippen molar-refractivity contribution in [2.75, 3.05) is 0 Å². The predicted molar refractivity (Wildman–Crippen MR) is 56.3 cm³/mol.